The summed E-state index contributed by atoms with van der Waals surface area (Å²) in [6.45, 7) is 3.09. The minimum Gasteiger partial charge on any atom is -0.510 e. The Morgan fingerprint density at radius 1 is 0.506 bits per heavy atom. The maximum absolute atomic E-state index is 10.5. The van der Waals surface area contributed by atoms with Gasteiger partial charge in [0.15, 0.2) is 0 Å². The van der Waals surface area contributed by atoms with Gasteiger partial charge in [-0.2, -0.15) is 18.2 Å². The summed E-state index contributed by atoms with van der Waals surface area (Å²) in [4.78, 5) is 4.72. The maximum atomic E-state index is 10.5. The molecule has 4 heterocycles. The van der Waals surface area contributed by atoms with E-state index in [1.165, 1.54) is 12.3 Å². The summed E-state index contributed by atoms with van der Waals surface area (Å²) >= 11 is 0. The van der Waals surface area contributed by atoms with Crippen LogP contribution >= 0.6 is 0 Å². The average molecular weight is 1270 g/mol. The largest absolute Gasteiger partial charge is 0.510 e. The fraction of sp³-hybridized carbons (Fsp3) is 0.0649. The Labute approximate surface area is 527 Å². The number of rotatable bonds is 8. The topological polar surface area (TPSA) is 35.9 Å². The summed E-state index contributed by atoms with van der Waals surface area (Å²) in [5, 5.41) is 1.44. The molecule has 6 heteroatoms. The molecule has 0 radical (unpaired) electrons. The van der Waals surface area contributed by atoms with Crippen molar-refractivity contribution in [3.63, 3.8) is 0 Å². The van der Waals surface area contributed by atoms with Gasteiger partial charge in [-0.25, -0.2) is 4.98 Å². The minimum absolute atomic E-state index is 0. The average Bonchev–Trinajstić information content (AvgIpc) is 1.42. The second kappa shape index (κ2) is 20.7. The second-order valence-electron chi connectivity index (χ2n) is 20.7. The van der Waals surface area contributed by atoms with Gasteiger partial charge < -0.3 is 13.9 Å². The summed E-state index contributed by atoms with van der Waals surface area (Å²) in [6.07, 6.45) is 4.88. The predicted octanol–water partition coefficient (Wildman–Crippen LogP) is 19.2. The van der Waals surface area contributed by atoms with E-state index in [1.807, 2.05) is 128 Å². The van der Waals surface area contributed by atoms with E-state index < -0.39 is 143 Å². The molecule has 83 heavy (non-hydrogen) atoms. The van der Waals surface area contributed by atoms with Crippen molar-refractivity contribution in [3.05, 3.63) is 284 Å². The zero-order valence-corrected chi connectivity index (χ0v) is 46.6. The van der Waals surface area contributed by atoms with Crippen LogP contribution in [0.4, 0.5) is 0 Å². The van der Waals surface area contributed by atoms with Crippen molar-refractivity contribution < 1.29 is 59.2 Å². The number of benzene rings is 11. The zero-order chi connectivity index (χ0) is 73.2. The van der Waals surface area contributed by atoms with E-state index in [4.69, 9.17) is 28.9 Å². The number of para-hydroxylation sites is 2. The third kappa shape index (κ3) is 9.00. The van der Waals surface area contributed by atoms with Gasteiger partial charge in [0.1, 0.15) is 5.82 Å². The van der Waals surface area contributed by atoms with Crippen LogP contribution in [0.25, 0.3) is 128 Å². The molecule has 0 amide bonds. The Morgan fingerprint density at radius 3 is 1.75 bits per heavy atom. The van der Waals surface area contributed by atoms with Gasteiger partial charge in [-0.1, -0.05) is 214 Å². The number of pyridine rings is 1. The van der Waals surface area contributed by atoms with Crippen molar-refractivity contribution in [1.82, 2.24) is 14.1 Å². The van der Waals surface area contributed by atoms with Gasteiger partial charge in [-0.15, -0.1) is 29.7 Å². The first-order valence-electron chi connectivity index (χ1n) is 36.8. The Bertz CT molecular complexity index is 5890. The summed E-state index contributed by atoms with van der Waals surface area (Å²) in [7, 11) is 0. The van der Waals surface area contributed by atoms with Crippen LogP contribution in [0, 0.1) is 25.3 Å². The third-order valence-electron chi connectivity index (χ3n) is 14.8. The molecule has 400 valence electrons. The van der Waals surface area contributed by atoms with E-state index in [2.05, 4.69) is 18.5 Å². The first kappa shape index (κ1) is 33.3. The summed E-state index contributed by atoms with van der Waals surface area (Å²) in [6, 6.07) is 36.7. The van der Waals surface area contributed by atoms with E-state index in [0.29, 0.717) is 61.1 Å². The van der Waals surface area contributed by atoms with Crippen molar-refractivity contribution in [1.29, 1.82) is 0 Å². The SMILES string of the molecule is [2H]c1c([2H])c([2H])c(-c2cnc(-n3c4[c-]c(Oc5[c-]c(-n6[c-][n+]7c8c(cccc86)-c6ccccc6-c6ccccc6-c6cc(C(C)(C)C)cc(-c8c([2H])c(-c9c([2H])c([2H])c([2H])c([2H])c9[2H])c([2H])c(-c9c([2H])c([2H])c([2H])c([2H])c9[2H])c8[2H])c6-7)ccc5)ccc4c4ccccc43)cc2C([2H])([2H])[2H])c([2H])c1[2H].[Pt]. The maximum Gasteiger partial charge on any atom is 0.268 e. The summed E-state index contributed by atoms with van der Waals surface area (Å²) in [5.74, 6) is 0.519. The fourth-order valence-electron chi connectivity index (χ4n) is 11.0. The van der Waals surface area contributed by atoms with E-state index in [0.717, 1.165) is 22.1 Å². The van der Waals surface area contributed by atoms with Crippen molar-refractivity contribution in [2.45, 2.75) is 33.0 Å². The van der Waals surface area contributed by atoms with Crippen molar-refractivity contribution in [3.8, 4) is 107 Å². The van der Waals surface area contributed by atoms with Gasteiger partial charge in [0.05, 0.1) is 41.4 Å². The smallest absolute Gasteiger partial charge is 0.268 e. The molecule has 14 aromatic rings. The normalized spacial score (nSPS) is 15.5. The first-order chi connectivity index (χ1) is 48.9. The second-order valence-corrected chi connectivity index (χ2v) is 20.7. The number of hydrogen-bond donors (Lipinski definition) is 0. The molecule has 3 aromatic heterocycles. The van der Waals surface area contributed by atoms with Crippen LogP contribution in [-0.2, 0) is 26.5 Å². The molecule has 11 aromatic carbocycles. The van der Waals surface area contributed by atoms with Gasteiger partial charge in [-0.05, 0) is 137 Å². The monoisotopic (exact) mass is 1270 g/mol. The quantitative estimate of drug-likeness (QED) is 0.112. The van der Waals surface area contributed by atoms with E-state index >= 15 is 0 Å². The van der Waals surface area contributed by atoms with Crippen LogP contribution in [0.1, 0.15) is 60.7 Å². The number of hydrogen-bond acceptors (Lipinski definition) is 2. The molecule has 0 N–H and O–H groups in total. The third-order valence-corrected chi connectivity index (χ3v) is 14.8. The summed E-state index contributed by atoms with van der Waals surface area (Å²) < 4.78 is 201. The first-order valence-corrected chi connectivity index (χ1v) is 26.3. The van der Waals surface area contributed by atoms with Gasteiger partial charge in [0.2, 0.25) is 0 Å². The molecule has 0 fully saturated rings. The molecule has 0 spiro atoms. The molecule has 0 unspecified atom stereocenters. The number of nitrogens with zero attached hydrogens (tertiary/aromatic N) is 4. The van der Waals surface area contributed by atoms with Crippen LogP contribution in [0.15, 0.2) is 254 Å². The number of fused-ring (bicyclic) bond motifs is 10. The Balaban J connectivity index is 0.00000913. The molecule has 0 aliphatic carbocycles. The number of aryl methyl sites for hydroxylation is 1. The Morgan fingerprint density at radius 2 is 1.07 bits per heavy atom. The Hall–Kier alpha value is -9.67. The zero-order valence-electron chi connectivity index (χ0n) is 65.4. The van der Waals surface area contributed by atoms with E-state index in [1.54, 1.807) is 39.5 Å². The minimum atomic E-state index is -2.86. The molecular formula is C77H54N4OPt-2. The molecule has 0 saturated heterocycles. The van der Waals surface area contributed by atoms with Crippen molar-refractivity contribution in [2.24, 2.45) is 0 Å². The van der Waals surface area contributed by atoms with Gasteiger partial charge in [0, 0.05) is 54.0 Å². The summed E-state index contributed by atoms with van der Waals surface area (Å²) in [5.41, 5.74) is 3.96. The van der Waals surface area contributed by atoms with Crippen LogP contribution in [0.3, 0.4) is 0 Å². The molecule has 1 aliphatic rings. The molecular weight excluding hydrogens is 1190 g/mol. The fourth-order valence-corrected chi connectivity index (χ4v) is 11.0. The van der Waals surface area contributed by atoms with Gasteiger partial charge >= 0.3 is 0 Å². The van der Waals surface area contributed by atoms with E-state index in [-0.39, 0.29) is 66.2 Å². The van der Waals surface area contributed by atoms with Crippen LogP contribution in [0.5, 0.6) is 11.5 Å². The molecule has 1 aliphatic heterocycles. The van der Waals surface area contributed by atoms with Crippen LogP contribution in [0.2, 0.25) is 0 Å². The van der Waals surface area contributed by atoms with Crippen molar-refractivity contribution in [2.75, 3.05) is 0 Å². The van der Waals surface area contributed by atoms with E-state index in [9.17, 15) is 9.60 Å². The molecule has 5 nitrogen and oxygen atoms in total. The van der Waals surface area contributed by atoms with Crippen molar-refractivity contribution >= 4 is 32.8 Å². The predicted molar refractivity (Wildman–Crippen MR) is 335 cm³/mol. The standard InChI is InChI=1S/C77H54N4O.Pt/c1-50-40-74(78-48-70(50)53-26-12-7-13-27-53)81-71-36-19-18-34-65(71)66-39-38-60(47-73(66)81)82-59-29-20-28-58(46-59)79-49-80-75-68(56-42-54(51-22-8-5-9-23-51)41-55(43-56)52-24-10-6-11-25-52)44-57(77(2,3)4)45-69(75)64-33-17-15-31-62(64)61-30-14-16-32-63(61)67-35-21-37-72(79)76(67)80;/h5-45,48H,1-4H3;/q-2;/i1D3,5D,6D,7D,8D,9D,10D,11D,12D,13D,22D,23D,24D,25D,26D,27D,41D,42D,43D;. The number of ether oxygens (including phenoxy) is 1. The Kier molecular flexibility index (Phi) is 8.31. The molecule has 0 saturated carbocycles. The molecule has 0 atom stereocenters. The number of imidazole rings is 1. The van der Waals surface area contributed by atoms with Gasteiger partial charge in [0.25, 0.3) is 6.33 Å². The molecule has 15 rings (SSSR count). The van der Waals surface area contributed by atoms with Gasteiger partial charge in [-0.3, -0.25) is 4.57 Å². The van der Waals surface area contributed by atoms with Crippen LogP contribution in [-0.4, -0.2) is 14.1 Å². The number of aromatic nitrogens is 4. The molecule has 0 bridgehead atoms. The van der Waals surface area contributed by atoms with Crippen LogP contribution < -0.4 is 9.30 Å².